The number of nitrogen functional groups attached to an aromatic ring is 1. The van der Waals surface area contributed by atoms with E-state index in [1.54, 1.807) is 11.3 Å². The fourth-order valence-corrected chi connectivity index (χ4v) is 4.84. The molecule has 24 heavy (non-hydrogen) atoms. The zero-order valence-electron chi connectivity index (χ0n) is 13.2. The first-order valence-electron chi connectivity index (χ1n) is 8.28. The largest absolute Gasteiger partial charge is 0.383 e. The van der Waals surface area contributed by atoms with E-state index in [1.807, 2.05) is 24.3 Å². The Hall–Kier alpha value is -2.47. The van der Waals surface area contributed by atoms with E-state index in [2.05, 4.69) is 15.0 Å². The summed E-state index contributed by atoms with van der Waals surface area (Å²) in [5, 5.41) is 1.09. The Kier molecular flexibility index (Phi) is 3.06. The summed E-state index contributed by atoms with van der Waals surface area (Å²) in [6.07, 6.45) is 5.32. The molecular formula is C18H17N5S. The second-order valence-electron chi connectivity index (χ2n) is 6.29. The average molecular weight is 335 g/mol. The minimum Gasteiger partial charge on any atom is -0.383 e. The van der Waals surface area contributed by atoms with Gasteiger partial charge in [0, 0.05) is 4.88 Å². The summed E-state index contributed by atoms with van der Waals surface area (Å²) in [4.78, 5) is 19.7. The monoisotopic (exact) mass is 335 g/mol. The van der Waals surface area contributed by atoms with Crippen LogP contribution in [0, 0.1) is 0 Å². The highest BCUT2D eigenvalue weighted by atomic mass is 32.1. The third kappa shape index (κ3) is 2.17. The lowest BCUT2D eigenvalue weighted by Gasteiger charge is -2.10. The van der Waals surface area contributed by atoms with Crippen LogP contribution in [0.4, 0.5) is 5.82 Å². The van der Waals surface area contributed by atoms with Gasteiger partial charge in [0.2, 0.25) is 0 Å². The number of thiophene rings is 1. The Labute approximate surface area is 143 Å². The molecule has 6 heteroatoms. The number of H-pyrrole nitrogens is 1. The van der Waals surface area contributed by atoms with Gasteiger partial charge in [-0.1, -0.05) is 12.1 Å². The van der Waals surface area contributed by atoms with Crippen LogP contribution in [-0.2, 0) is 19.3 Å². The summed E-state index contributed by atoms with van der Waals surface area (Å²) in [7, 11) is 0. The maximum Gasteiger partial charge on any atom is 0.139 e. The first-order chi connectivity index (χ1) is 11.8. The number of aromatic amines is 1. The zero-order chi connectivity index (χ0) is 16.1. The van der Waals surface area contributed by atoms with Crippen LogP contribution in [0.15, 0.2) is 24.3 Å². The number of nitrogens with two attached hydrogens (primary N) is 1. The topological polar surface area (TPSA) is 80.5 Å². The molecule has 1 aliphatic carbocycles. The molecule has 5 nitrogen and oxygen atoms in total. The maximum absolute atomic E-state index is 6.28. The molecule has 3 aromatic heterocycles. The molecule has 0 amide bonds. The van der Waals surface area contributed by atoms with Crippen LogP contribution in [0.5, 0.6) is 0 Å². The van der Waals surface area contributed by atoms with Crippen molar-refractivity contribution in [1.82, 2.24) is 19.9 Å². The van der Waals surface area contributed by atoms with Gasteiger partial charge in [-0.25, -0.2) is 15.0 Å². The fraction of sp³-hybridized carbons (Fsp3) is 0.278. The molecule has 0 radical (unpaired) electrons. The fourth-order valence-electron chi connectivity index (χ4n) is 3.55. The van der Waals surface area contributed by atoms with Crippen LogP contribution in [0.3, 0.4) is 0 Å². The molecule has 1 aliphatic rings. The normalized spacial score (nSPS) is 14.3. The molecule has 5 rings (SSSR count). The van der Waals surface area contributed by atoms with Crippen LogP contribution in [0.1, 0.15) is 34.9 Å². The van der Waals surface area contributed by atoms with Gasteiger partial charge in [0.25, 0.3) is 0 Å². The molecule has 3 heterocycles. The zero-order valence-corrected chi connectivity index (χ0v) is 14.0. The molecule has 0 unspecified atom stereocenters. The Morgan fingerprint density at radius 2 is 1.96 bits per heavy atom. The number of hydrogen-bond donors (Lipinski definition) is 2. The van der Waals surface area contributed by atoms with Gasteiger partial charge in [-0.15, -0.1) is 11.3 Å². The third-order valence-electron chi connectivity index (χ3n) is 4.65. The van der Waals surface area contributed by atoms with Crippen molar-refractivity contribution in [2.75, 3.05) is 5.73 Å². The summed E-state index contributed by atoms with van der Waals surface area (Å²) in [6.45, 7) is 0. The van der Waals surface area contributed by atoms with Crippen molar-refractivity contribution in [3.05, 3.63) is 46.4 Å². The van der Waals surface area contributed by atoms with Gasteiger partial charge in [0.1, 0.15) is 22.3 Å². The van der Waals surface area contributed by atoms with Gasteiger partial charge in [0.05, 0.1) is 22.8 Å². The molecule has 0 bridgehead atoms. The number of imidazole rings is 1. The number of rotatable bonds is 2. The van der Waals surface area contributed by atoms with Crippen LogP contribution < -0.4 is 5.73 Å². The number of hydrogen-bond acceptors (Lipinski definition) is 5. The van der Waals surface area contributed by atoms with Crippen molar-refractivity contribution in [3.8, 4) is 0 Å². The number of para-hydroxylation sites is 2. The summed E-state index contributed by atoms with van der Waals surface area (Å²) in [5.41, 5.74) is 9.66. The van der Waals surface area contributed by atoms with E-state index in [-0.39, 0.29) is 0 Å². The summed E-state index contributed by atoms with van der Waals surface area (Å²) < 4.78 is 0. The van der Waals surface area contributed by atoms with Crippen molar-refractivity contribution in [2.45, 2.75) is 32.1 Å². The van der Waals surface area contributed by atoms with Crippen LogP contribution in [-0.4, -0.2) is 19.9 Å². The smallest absolute Gasteiger partial charge is 0.139 e. The SMILES string of the molecule is Nc1nc(Cc2nc3ccccc3[nH]2)nc2sc3c(c12)CCCC3. The second kappa shape index (κ2) is 5.27. The maximum atomic E-state index is 6.28. The molecule has 0 spiro atoms. The number of aromatic nitrogens is 4. The Bertz CT molecular complexity index is 1030. The van der Waals surface area contributed by atoms with Crippen LogP contribution in [0.2, 0.25) is 0 Å². The van der Waals surface area contributed by atoms with Gasteiger partial charge >= 0.3 is 0 Å². The van der Waals surface area contributed by atoms with E-state index < -0.39 is 0 Å². The lowest BCUT2D eigenvalue weighted by Crippen LogP contribution is -2.04. The Morgan fingerprint density at radius 1 is 1.08 bits per heavy atom. The highest BCUT2D eigenvalue weighted by molar-refractivity contribution is 7.19. The van der Waals surface area contributed by atoms with Crippen LogP contribution in [0.25, 0.3) is 21.3 Å². The minimum atomic E-state index is 0.567. The molecule has 0 saturated carbocycles. The molecule has 1 aromatic carbocycles. The number of anilines is 1. The van der Waals surface area contributed by atoms with Crippen molar-refractivity contribution in [2.24, 2.45) is 0 Å². The van der Waals surface area contributed by atoms with Gasteiger partial charge < -0.3 is 10.7 Å². The number of benzene rings is 1. The highest BCUT2D eigenvalue weighted by Gasteiger charge is 2.20. The van der Waals surface area contributed by atoms with Crippen molar-refractivity contribution < 1.29 is 0 Å². The second-order valence-corrected chi connectivity index (χ2v) is 7.38. The highest BCUT2D eigenvalue weighted by Crippen LogP contribution is 2.37. The van der Waals surface area contributed by atoms with E-state index in [0.29, 0.717) is 12.2 Å². The van der Waals surface area contributed by atoms with Gasteiger partial charge in [-0.2, -0.15) is 0 Å². The average Bonchev–Trinajstić information content (AvgIpc) is 3.14. The van der Waals surface area contributed by atoms with Crippen molar-refractivity contribution in [3.63, 3.8) is 0 Å². The lowest BCUT2D eigenvalue weighted by atomic mass is 9.97. The predicted octanol–water partition coefficient (Wildman–Crippen LogP) is 3.62. The molecule has 0 saturated heterocycles. The molecule has 120 valence electrons. The van der Waals surface area contributed by atoms with Gasteiger partial charge in [-0.3, -0.25) is 0 Å². The quantitative estimate of drug-likeness (QED) is 0.586. The molecule has 0 atom stereocenters. The molecular weight excluding hydrogens is 318 g/mol. The number of nitrogens with zero attached hydrogens (tertiary/aromatic N) is 3. The Balaban J connectivity index is 1.57. The Morgan fingerprint density at radius 3 is 2.88 bits per heavy atom. The summed E-state index contributed by atoms with van der Waals surface area (Å²) >= 11 is 1.78. The van der Waals surface area contributed by atoms with E-state index in [4.69, 9.17) is 10.7 Å². The van der Waals surface area contributed by atoms with E-state index in [9.17, 15) is 0 Å². The molecule has 3 N–H and O–H groups in total. The van der Waals surface area contributed by atoms with Crippen molar-refractivity contribution in [1.29, 1.82) is 0 Å². The third-order valence-corrected chi connectivity index (χ3v) is 5.84. The number of nitrogens with one attached hydrogen (secondary N) is 1. The summed E-state index contributed by atoms with van der Waals surface area (Å²) in [5.74, 6) is 2.22. The standard InChI is InChI=1S/C18H17N5S/c19-17-16-10-5-1-4-8-13(10)24-18(16)23-15(22-17)9-14-20-11-6-2-3-7-12(11)21-14/h2-3,6-7H,1,4-5,8-9H2,(H,20,21)(H2,19,22,23). The molecule has 0 aliphatic heterocycles. The van der Waals surface area contributed by atoms with Gasteiger partial charge in [-0.05, 0) is 43.4 Å². The molecule has 4 aromatic rings. The summed E-state index contributed by atoms with van der Waals surface area (Å²) in [6, 6.07) is 8.02. The van der Waals surface area contributed by atoms with Gasteiger partial charge in [0.15, 0.2) is 0 Å². The molecule has 0 fully saturated rings. The predicted molar refractivity (Wildman–Crippen MR) is 97.4 cm³/mol. The van der Waals surface area contributed by atoms with Crippen LogP contribution >= 0.6 is 11.3 Å². The van der Waals surface area contributed by atoms with E-state index in [1.165, 1.54) is 23.3 Å². The van der Waals surface area contributed by atoms with E-state index >= 15 is 0 Å². The first-order valence-corrected chi connectivity index (χ1v) is 9.10. The van der Waals surface area contributed by atoms with E-state index in [0.717, 1.165) is 45.7 Å². The number of fused-ring (bicyclic) bond motifs is 4. The van der Waals surface area contributed by atoms with Crippen molar-refractivity contribution >= 4 is 38.4 Å². The number of aryl methyl sites for hydroxylation is 2. The first kappa shape index (κ1) is 13.9. The minimum absolute atomic E-state index is 0.567. The lowest BCUT2D eigenvalue weighted by molar-refractivity contribution is 0.700.